The fourth-order valence-electron chi connectivity index (χ4n) is 8.65. The van der Waals surface area contributed by atoms with Crippen molar-refractivity contribution in [2.45, 2.75) is 126 Å². The van der Waals surface area contributed by atoms with Crippen molar-refractivity contribution in [1.82, 2.24) is 19.9 Å². The summed E-state index contributed by atoms with van der Waals surface area (Å²) >= 11 is 0. The molecular formula is C42H54N4O8S. The Labute approximate surface area is 323 Å². The maximum atomic E-state index is 14.8. The van der Waals surface area contributed by atoms with Crippen LogP contribution in [0, 0.1) is 17.8 Å². The minimum Gasteiger partial charge on any atom is -0.472 e. The highest BCUT2D eigenvalue weighted by Crippen LogP contribution is 2.46. The first-order valence-electron chi connectivity index (χ1n) is 20.3. The molecule has 2 aromatic rings. The third-order valence-corrected chi connectivity index (χ3v) is 14.0. The lowest BCUT2D eigenvalue weighted by Gasteiger charge is -2.34. The van der Waals surface area contributed by atoms with E-state index in [0.717, 1.165) is 87.0 Å². The molecule has 1 aromatic heterocycles. The quantitative estimate of drug-likeness (QED) is 0.264. The van der Waals surface area contributed by atoms with Crippen molar-refractivity contribution < 1.29 is 37.1 Å². The number of esters is 1. The molecule has 55 heavy (non-hydrogen) atoms. The lowest BCUT2D eigenvalue weighted by Crippen LogP contribution is -2.57. The minimum atomic E-state index is -3.88. The first-order valence-corrected chi connectivity index (χ1v) is 21.8. The van der Waals surface area contributed by atoms with Crippen molar-refractivity contribution >= 4 is 50.6 Å². The molecule has 0 spiro atoms. The van der Waals surface area contributed by atoms with Gasteiger partial charge in [0.25, 0.3) is 5.91 Å². The Morgan fingerprint density at radius 1 is 0.982 bits per heavy atom. The number of allylic oxidation sites excluding steroid dienone is 1. The summed E-state index contributed by atoms with van der Waals surface area (Å²) in [4.78, 5) is 62.3. The van der Waals surface area contributed by atoms with E-state index in [1.165, 1.54) is 11.0 Å². The summed E-state index contributed by atoms with van der Waals surface area (Å²) in [5.41, 5.74) is -0.498. The molecule has 2 N–H and O–H groups in total. The average molecular weight is 775 g/mol. The molecule has 296 valence electrons. The van der Waals surface area contributed by atoms with Crippen LogP contribution in [0.4, 0.5) is 0 Å². The third-order valence-electron chi connectivity index (χ3n) is 12.1. The number of pyridine rings is 1. The number of nitrogens with zero attached hydrogens (tertiary/aromatic N) is 2. The van der Waals surface area contributed by atoms with E-state index in [-0.39, 0.29) is 37.6 Å². The number of benzene rings is 1. The summed E-state index contributed by atoms with van der Waals surface area (Å²) in [7, 11) is -3.88. The molecule has 4 bridgehead atoms. The fourth-order valence-corrected chi connectivity index (χ4v) is 10.0. The predicted molar refractivity (Wildman–Crippen MR) is 208 cm³/mol. The molecule has 3 aliphatic carbocycles. The monoisotopic (exact) mass is 774 g/mol. The third kappa shape index (κ3) is 9.08. The molecule has 7 rings (SSSR count). The molecule has 3 saturated carbocycles. The standard InChI is InChI=1S/C42H54N4O8S/c1-2-31-26-42(31,41(50)45-55(51,52)33-18-19-33)44-38(48)36-24-32-27-46(36)40(49)35(29-14-10-8-11-15-29)25-37(47)53-22-12-7-5-3-4-6-9-13-28-16-17-30-20-21-43-39(54-32)34(30)23-28/h2,9,13,16-17,20-21,23,29,31-33,35-36H,1,3-8,10-12,14-15,18-19,22,24-27H2,(H,44,48)(H,45,50)/b13-9+/t31-,32-,35+,36+,42-/m1/s1. The van der Waals surface area contributed by atoms with E-state index in [2.05, 4.69) is 39.8 Å². The van der Waals surface area contributed by atoms with Gasteiger partial charge in [0.1, 0.15) is 17.7 Å². The molecule has 13 heteroatoms. The van der Waals surface area contributed by atoms with Gasteiger partial charge in [0.2, 0.25) is 27.7 Å². The smallest absolute Gasteiger partial charge is 0.306 e. The van der Waals surface area contributed by atoms with E-state index in [1.54, 1.807) is 6.20 Å². The molecule has 5 aliphatic rings. The molecule has 2 aliphatic heterocycles. The zero-order valence-electron chi connectivity index (χ0n) is 31.6. The second-order valence-electron chi connectivity index (χ2n) is 16.1. The maximum absolute atomic E-state index is 14.8. The number of ether oxygens (including phenoxy) is 2. The van der Waals surface area contributed by atoms with Gasteiger partial charge in [-0.05, 0) is 80.4 Å². The Morgan fingerprint density at radius 3 is 2.51 bits per heavy atom. The Morgan fingerprint density at radius 2 is 1.75 bits per heavy atom. The molecule has 3 amide bonds. The molecule has 12 nitrogen and oxygen atoms in total. The number of cyclic esters (lactones) is 1. The van der Waals surface area contributed by atoms with E-state index < -0.39 is 62.6 Å². The van der Waals surface area contributed by atoms with Crippen molar-refractivity contribution in [3.63, 3.8) is 0 Å². The SMILES string of the molecule is C=C[C@@H]1C[C@]1(NC(=O)[C@@H]1C[C@@H]2CN1C(=O)[C@H](C1CCCCC1)CC(=O)OCCCCCCC/C=C/c1ccc3ccnc(c3c1)O2)C(=O)NS(=O)(=O)C1CC1. The first-order chi connectivity index (χ1) is 26.6. The predicted octanol–water partition coefficient (Wildman–Crippen LogP) is 5.75. The normalized spacial score (nSPS) is 29.3. The van der Waals surface area contributed by atoms with Crippen LogP contribution in [-0.4, -0.2) is 78.1 Å². The minimum absolute atomic E-state index is 0.0486. The van der Waals surface area contributed by atoms with Crippen LogP contribution >= 0.6 is 0 Å². The molecule has 1 saturated heterocycles. The zero-order valence-corrected chi connectivity index (χ0v) is 32.4. The summed E-state index contributed by atoms with van der Waals surface area (Å²) in [5.74, 6) is -2.96. The van der Waals surface area contributed by atoms with Gasteiger partial charge in [-0.1, -0.05) is 68.9 Å². The number of rotatable bonds is 7. The molecule has 0 radical (unpaired) electrons. The van der Waals surface area contributed by atoms with Gasteiger partial charge in [-0.15, -0.1) is 6.58 Å². The van der Waals surface area contributed by atoms with Gasteiger partial charge < -0.3 is 19.7 Å². The van der Waals surface area contributed by atoms with Crippen molar-refractivity contribution in [3.05, 3.63) is 54.8 Å². The van der Waals surface area contributed by atoms with E-state index >= 15 is 0 Å². The summed E-state index contributed by atoms with van der Waals surface area (Å²) in [6.45, 7) is 4.18. The van der Waals surface area contributed by atoms with Crippen molar-refractivity contribution in [1.29, 1.82) is 0 Å². The van der Waals surface area contributed by atoms with Gasteiger partial charge in [-0.2, -0.15) is 0 Å². The molecule has 0 unspecified atom stereocenters. The van der Waals surface area contributed by atoms with Gasteiger partial charge in [-0.25, -0.2) is 13.4 Å². The summed E-state index contributed by atoms with van der Waals surface area (Å²) in [6.07, 6.45) is 18.4. The number of carbonyl (C=O) groups excluding carboxylic acids is 4. The fraction of sp³-hybridized carbons (Fsp3) is 0.595. The van der Waals surface area contributed by atoms with Gasteiger partial charge in [0, 0.05) is 23.9 Å². The Bertz CT molecular complexity index is 1920. The zero-order chi connectivity index (χ0) is 38.6. The lowest BCUT2D eigenvalue weighted by atomic mass is 9.77. The van der Waals surface area contributed by atoms with Gasteiger partial charge >= 0.3 is 5.97 Å². The topological polar surface area (TPSA) is 161 Å². The van der Waals surface area contributed by atoms with E-state index in [9.17, 15) is 27.6 Å². The number of hydrogen-bond donors (Lipinski definition) is 2. The number of nitrogens with one attached hydrogen (secondary N) is 2. The van der Waals surface area contributed by atoms with Crippen molar-refractivity contribution in [2.24, 2.45) is 17.8 Å². The van der Waals surface area contributed by atoms with E-state index in [1.807, 2.05) is 18.2 Å². The van der Waals surface area contributed by atoms with Crippen LogP contribution in [0.15, 0.2) is 49.2 Å². The highest BCUT2D eigenvalue weighted by Gasteiger charge is 2.62. The van der Waals surface area contributed by atoms with Crippen LogP contribution in [0.5, 0.6) is 5.88 Å². The lowest BCUT2D eigenvalue weighted by molar-refractivity contribution is -0.152. The molecule has 4 fully saturated rings. The van der Waals surface area contributed by atoms with E-state index in [4.69, 9.17) is 9.47 Å². The molecule has 3 heterocycles. The first kappa shape index (κ1) is 39.0. The Hall–Kier alpha value is -4.26. The number of aromatic nitrogens is 1. The van der Waals surface area contributed by atoms with Gasteiger partial charge in [0.15, 0.2) is 0 Å². The molecular weight excluding hydrogens is 721 g/mol. The van der Waals surface area contributed by atoms with Crippen LogP contribution in [0.3, 0.4) is 0 Å². The molecule has 1 aromatic carbocycles. The number of sulfonamides is 1. The van der Waals surface area contributed by atoms with Crippen LogP contribution in [-0.2, 0) is 33.9 Å². The Balaban J connectivity index is 1.20. The highest BCUT2D eigenvalue weighted by atomic mass is 32.2. The van der Waals surface area contributed by atoms with Crippen molar-refractivity contribution in [3.8, 4) is 5.88 Å². The number of hydrogen-bond acceptors (Lipinski definition) is 9. The number of carbonyl (C=O) groups is 4. The van der Waals surface area contributed by atoms with E-state index in [0.29, 0.717) is 25.3 Å². The number of amides is 3. The van der Waals surface area contributed by atoms with Crippen LogP contribution in [0.1, 0.15) is 108 Å². The summed E-state index contributed by atoms with van der Waals surface area (Å²) in [6, 6.07) is 6.98. The second-order valence-corrected chi connectivity index (χ2v) is 18.1. The largest absolute Gasteiger partial charge is 0.472 e. The van der Waals surface area contributed by atoms with Crippen molar-refractivity contribution in [2.75, 3.05) is 13.2 Å². The highest BCUT2D eigenvalue weighted by molar-refractivity contribution is 7.91. The maximum Gasteiger partial charge on any atom is 0.306 e. The van der Waals surface area contributed by atoms with Crippen LogP contribution in [0.25, 0.3) is 16.8 Å². The number of fused-ring (bicyclic) bond motifs is 3. The second kappa shape index (κ2) is 16.9. The van der Waals surface area contributed by atoms with Crippen LogP contribution in [0.2, 0.25) is 0 Å². The van der Waals surface area contributed by atoms with Gasteiger partial charge in [0.05, 0.1) is 30.7 Å². The Kier molecular flexibility index (Phi) is 11.9. The summed E-state index contributed by atoms with van der Waals surface area (Å²) in [5, 5.41) is 3.99. The average Bonchev–Trinajstić information content (AvgIpc) is 4.11. The summed E-state index contributed by atoms with van der Waals surface area (Å²) < 4.78 is 40.0. The molecule has 5 atom stereocenters. The van der Waals surface area contributed by atoms with Crippen LogP contribution < -0.4 is 14.8 Å². The van der Waals surface area contributed by atoms with Gasteiger partial charge in [-0.3, -0.25) is 23.9 Å².